The second-order valence-electron chi connectivity index (χ2n) is 17.2. The number of likely N-dealkylation sites (N-methyl/N-ethyl adjacent to an activating group) is 1. The number of carbonyl (C=O) groups excluding carboxylic acids is 1. The van der Waals surface area contributed by atoms with Crippen LogP contribution in [0.3, 0.4) is 0 Å². The Morgan fingerprint density at radius 3 is 2.43 bits per heavy atom. The maximum atomic E-state index is 15.5. The van der Waals surface area contributed by atoms with Crippen LogP contribution in [0.1, 0.15) is 95.4 Å². The highest BCUT2D eigenvalue weighted by atomic mass is 19.1. The van der Waals surface area contributed by atoms with E-state index < -0.39 is 24.2 Å². The first kappa shape index (κ1) is 38.3. The first-order valence-corrected chi connectivity index (χ1v) is 19.6. The van der Waals surface area contributed by atoms with Gasteiger partial charge in [-0.25, -0.2) is 4.39 Å². The van der Waals surface area contributed by atoms with Crippen LogP contribution in [0.5, 0.6) is 0 Å². The highest BCUT2D eigenvalue weighted by Gasteiger charge is 2.57. The van der Waals surface area contributed by atoms with Crippen LogP contribution >= 0.6 is 0 Å². The van der Waals surface area contributed by atoms with Gasteiger partial charge in [0.15, 0.2) is 0 Å². The first-order chi connectivity index (χ1) is 24.4. The molecule has 9 heteroatoms. The van der Waals surface area contributed by atoms with Crippen LogP contribution in [0.15, 0.2) is 48.5 Å². The van der Waals surface area contributed by atoms with Crippen molar-refractivity contribution in [1.29, 1.82) is 0 Å². The zero-order valence-corrected chi connectivity index (χ0v) is 31.8. The molecule has 1 amide bonds. The van der Waals surface area contributed by atoms with Crippen molar-refractivity contribution in [1.82, 2.24) is 20.2 Å². The van der Waals surface area contributed by atoms with Gasteiger partial charge in [-0.15, -0.1) is 0 Å². The van der Waals surface area contributed by atoms with E-state index in [9.17, 15) is 15.0 Å². The molecule has 282 valence electrons. The number of hydrogen-bond acceptors (Lipinski definition) is 7. The number of carbonyl (C=O) groups is 1. The van der Waals surface area contributed by atoms with Gasteiger partial charge in [0, 0.05) is 43.2 Å². The third kappa shape index (κ3) is 8.24. The first-order valence-electron chi connectivity index (χ1n) is 19.6. The molecule has 4 saturated carbocycles. The van der Waals surface area contributed by atoms with Gasteiger partial charge in [0.25, 0.3) is 0 Å². The lowest BCUT2D eigenvalue weighted by molar-refractivity contribution is -0.183. The predicted molar refractivity (Wildman–Crippen MR) is 199 cm³/mol. The lowest BCUT2D eigenvalue weighted by Crippen LogP contribution is -2.62. The Kier molecular flexibility index (Phi) is 12.3. The monoisotopic (exact) mass is 706 g/mol. The van der Waals surface area contributed by atoms with Crippen molar-refractivity contribution in [3.05, 3.63) is 71.0 Å². The quantitative estimate of drug-likeness (QED) is 0.217. The minimum absolute atomic E-state index is 0.0269. The molecule has 9 atom stereocenters. The number of amides is 1. The number of benzene rings is 2. The van der Waals surface area contributed by atoms with E-state index >= 15 is 4.39 Å². The molecule has 0 radical (unpaired) electrons. The van der Waals surface area contributed by atoms with E-state index in [-0.39, 0.29) is 30.4 Å². The van der Waals surface area contributed by atoms with Crippen molar-refractivity contribution in [2.45, 2.75) is 116 Å². The van der Waals surface area contributed by atoms with E-state index in [1.54, 1.807) is 24.1 Å². The van der Waals surface area contributed by atoms with Crippen molar-refractivity contribution in [2.24, 2.45) is 35.0 Å². The summed E-state index contributed by atoms with van der Waals surface area (Å²) in [4.78, 5) is 25.1. The summed E-state index contributed by atoms with van der Waals surface area (Å²) < 4.78 is 15.5. The number of aliphatic hydroxyl groups excluding tert-OH is 2. The van der Waals surface area contributed by atoms with Gasteiger partial charge in [0.1, 0.15) is 18.0 Å². The predicted octanol–water partition coefficient (Wildman–Crippen LogP) is 6.17. The number of nitrogens with one attached hydrogen (secondary N) is 1. The van der Waals surface area contributed by atoms with Gasteiger partial charge in [-0.2, -0.15) is 5.06 Å². The minimum Gasteiger partial charge on any atom is -0.394 e. The SMILES string of the molecule is C[C@@H]1[C@@H](NC(=O)[C@@H]2[C@H]([C@H](C)O)[C@H](CO)ON2Cc2cccc(CN(CCN(C)C)C(c3ccccc3F)C3CCCCC3)c2)C[C@@H]2C[C@H]1C2(C)C. The maximum absolute atomic E-state index is 15.5. The lowest BCUT2D eigenvalue weighted by Gasteiger charge is -2.62. The zero-order valence-electron chi connectivity index (χ0n) is 31.8. The maximum Gasteiger partial charge on any atom is 0.240 e. The molecule has 2 bridgehead atoms. The summed E-state index contributed by atoms with van der Waals surface area (Å²) in [5.74, 6) is 1.11. The summed E-state index contributed by atoms with van der Waals surface area (Å²) in [7, 11) is 4.16. The van der Waals surface area contributed by atoms with E-state index in [0.717, 1.165) is 49.0 Å². The van der Waals surface area contributed by atoms with Crippen molar-refractivity contribution >= 4 is 5.91 Å². The second-order valence-corrected chi connectivity index (χ2v) is 17.2. The second kappa shape index (κ2) is 16.3. The molecule has 2 aromatic rings. The summed E-state index contributed by atoms with van der Waals surface area (Å²) in [5, 5.41) is 26.3. The number of hydroxylamine groups is 2. The van der Waals surface area contributed by atoms with Crippen molar-refractivity contribution in [2.75, 3.05) is 33.8 Å². The molecule has 7 rings (SSSR count). The smallest absolute Gasteiger partial charge is 0.240 e. The third-order valence-electron chi connectivity index (χ3n) is 13.3. The summed E-state index contributed by atoms with van der Waals surface area (Å²) in [6.07, 6.45) is 6.47. The van der Waals surface area contributed by atoms with Crippen molar-refractivity contribution < 1.29 is 24.2 Å². The Balaban J connectivity index is 1.23. The molecule has 4 aliphatic carbocycles. The molecular formula is C42H63FN4O4. The van der Waals surface area contributed by atoms with Crippen LogP contribution in [0.2, 0.25) is 0 Å². The van der Waals surface area contributed by atoms with Gasteiger partial charge in [-0.3, -0.25) is 14.5 Å². The Morgan fingerprint density at radius 2 is 1.78 bits per heavy atom. The normalized spacial score (nSPS) is 30.7. The average Bonchev–Trinajstić information content (AvgIpc) is 3.48. The van der Waals surface area contributed by atoms with Crippen molar-refractivity contribution in [3.63, 3.8) is 0 Å². The molecule has 51 heavy (non-hydrogen) atoms. The molecule has 5 fully saturated rings. The van der Waals surface area contributed by atoms with Crippen LogP contribution in [-0.2, 0) is 22.7 Å². The van der Waals surface area contributed by atoms with Crippen LogP contribution in [0.25, 0.3) is 0 Å². The summed E-state index contributed by atoms with van der Waals surface area (Å²) in [6.45, 7) is 11.0. The van der Waals surface area contributed by atoms with Gasteiger partial charge >= 0.3 is 0 Å². The Hall–Kier alpha value is -2.40. The fourth-order valence-electron chi connectivity index (χ4n) is 10.3. The minimum atomic E-state index is -0.842. The average molecular weight is 707 g/mol. The Bertz CT molecular complexity index is 1460. The fourth-order valence-corrected chi connectivity index (χ4v) is 10.3. The molecule has 0 spiro atoms. The molecule has 1 heterocycles. The number of aliphatic hydroxyl groups is 2. The number of rotatable bonds is 14. The lowest BCUT2D eigenvalue weighted by atomic mass is 9.45. The molecule has 1 saturated heterocycles. The third-order valence-corrected chi connectivity index (χ3v) is 13.3. The van der Waals surface area contributed by atoms with E-state index in [2.05, 4.69) is 62.1 Å². The molecule has 5 aliphatic rings. The van der Waals surface area contributed by atoms with Gasteiger partial charge in [-0.1, -0.05) is 82.5 Å². The van der Waals surface area contributed by atoms with Gasteiger partial charge < -0.3 is 20.4 Å². The molecule has 1 unspecified atom stereocenters. The molecule has 2 aromatic carbocycles. The van der Waals surface area contributed by atoms with Crippen LogP contribution in [0.4, 0.5) is 4.39 Å². The van der Waals surface area contributed by atoms with Crippen LogP contribution in [-0.4, -0.2) is 89.1 Å². The fraction of sp³-hybridized carbons (Fsp3) is 0.690. The van der Waals surface area contributed by atoms with E-state index in [1.807, 2.05) is 24.3 Å². The van der Waals surface area contributed by atoms with E-state index in [0.29, 0.717) is 42.2 Å². The zero-order chi connectivity index (χ0) is 36.4. The molecule has 8 nitrogen and oxygen atoms in total. The number of halogens is 1. The molecule has 0 aromatic heterocycles. The highest BCUT2D eigenvalue weighted by Crippen LogP contribution is 2.61. The van der Waals surface area contributed by atoms with Gasteiger partial charge in [-0.05, 0) is 93.0 Å². The van der Waals surface area contributed by atoms with Gasteiger partial charge in [0.05, 0.1) is 19.3 Å². The van der Waals surface area contributed by atoms with Crippen LogP contribution in [0, 0.1) is 40.8 Å². The summed E-state index contributed by atoms with van der Waals surface area (Å²) in [6, 6.07) is 15.0. The number of fused-ring (bicyclic) bond motifs is 2. The number of nitrogens with zero attached hydrogens (tertiary/aromatic N) is 3. The molecular weight excluding hydrogens is 643 g/mol. The topological polar surface area (TPSA) is 88.5 Å². The Morgan fingerprint density at radius 1 is 1.06 bits per heavy atom. The summed E-state index contributed by atoms with van der Waals surface area (Å²) in [5.41, 5.74) is 3.19. The highest BCUT2D eigenvalue weighted by molar-refractivity contribution is 5.82. The van der Waals surface area contributed by atoms with Crippen LogP contribution < -0.4 is 5.32 Å². The number of hydrogen-bond donors (Lipinski definition) is 3. The molecule has 1 aliphatic heterocycles. The van der Waals surface area contributed by atoms with E-state index in [4.69, 9.17) is 4.84 Å². The standard InChI is InChI=1S/C42H63FN4O4/c1-27-34-22-32(42(34,3)4)23-36(27)44-41(50)40-38(28(2)49)37(26-48)51-47(40)25-30-14-12-13-29(21-30)24-46(20-19-45(5)6)39(31-15-8-7-9-16-31)33-17-10-11-18-35(33)43/h10-14,17-18,21,27-28,31-32,34,36-40,48-49H,7-9,15-16,19-20,22-26H2,1-6H3,(H,44,50)/t27-,28-,32-,34+,36-,37-,38+,39?,40-/m0/s1. The Labute approximate surface area is 305 Å². The van der Waals surface area contributed by atoms with E-state index in [1.165, 1.54) is 25.7 Å². The largest absolute Gasteiger partial charge is 0.394 e. The summed E-state index contributed by atoms with van der Waals surface area (Å²) >= 11 is 0. The molecule has 3 N–H and O–H groups in total. The van der Waals surface area contributed by atoms with Gasteiger partial charge in [0.2, 0.25) is 5.91 Å². The van der Waals surface area contributed by atoms with Crippen molar-refractivity contribution in [3.8, 4) is 0 Å².